The summed E-state index contributed by atoms with van der Waals surface area (Å²) in [7, 11) is -3.88. The topological polar surface area (TPSA) is 96.8 Å². The number of nitrogens with zero attached hydrogens (tertiary/aromatic N) is 2. The van der Waals surface area contributed by atoms with E-state index in [9.17, 15) is 8.42 Å². The summed E-state index contributed by atoms with van der Waals surface area (Å²) in [6.07, 6.45) is 2.48. The minimum absolute atomic E-state index is 0.0153. The smallest absolute Gasteiger partial charge is 0.238 e. The fourth-order valence-electron chi connectivity index (χ4n) is 2.75. The van der Waals surface area contributed by atoms with Gasteiger partial charge in [-0.2, -0.15) is 5.26 Å². The molecule has 0 aliphatic carbocycles. The van der Waals surface area contributed by atoms with Crippen LogP contribution in [0.15, 0.2) is 65.7 Å². The Hall–Kier alpha value is -2.72. The number of nitrogens with two attached hydrogens (primary N) is 1. The van der Waals surface area contributed by atoms with Crippen molar-refractivity contribution in [1.82, 2.24) is 4.98 Å². The fourth-order valence-corrected chi connectivity index (χ4v) is 3.61. The minimum Gasteiger partial charge on any atom is -0.261 e. The standard InChI is InChI=1S/C20H16ClN3O2S/c21-20-16(9-14-4-6-15(13-22)7-5-14)11-19(27(23,25)26)12-17(20)10-18-3-1-2-8-24-18/h1-8,11-12H,9-10H2,(H2,23,25,26). The summed E-state index contributed by atoms with van der Waals surface area (Å²) < 4.78 is 23.8. The molecule has 1 heterocycles. The van der Waals surface area contributed by atoms with E-state index in [4.69, 9.17) is 22.0 Å². The SMILES string of the molecule is N#Cc1ccc(Cc2cc(S(N)(=O)=O)cc(Cc3ccccn3)c2Cl)cc1. The Labute approximate surface area is 163 Å². The van der Waals surface area contributed by atoms with Gasteiger partial charge in [-0.1, -0.05) is 29.8 Å². The molecule has 0 saturated heterocycles. The van der Waals surface area contributed by atoms with Crippen LogP contribution in [0, 0.1) is 11.3 Å². The summed E-state index contributed by atoms with van der Waals surface area (Å²) in [5.74, 6) is 0. The zero-order valence-electron chi connectivity index (χ0n) is 14.3. The van der Waals surface area contributed by atoms with Gasteiger partial charge in [-0.15, -0.1) is 0 Å². The molecule has 0 unspecified atom stereocenters. The maximum Gasteiger partial charge on any atom is 0.238 e. The van der Waals surface area contributed by atoms with Crippen LogP contribution in [0.4, 0.5) is 0 Å². The third-order valence-corrected chi connectivity index (χ3v) is 5.48. The molecule has 7 heteroatoms. The van der Waals surface area contributed by atoms with E-state index in [0.29, 0.717) is 34.6 Å². The molecule has 0 atom stereocenters. The molecule has 3 aromatic rings. The predicted molar refractivity (Wildman–Crippen MR) is 104 cm³/mol. The Kier molecular flexibility index (Phi) is 5.57. The number of hydrogen-bond donors (Lipinski definition) is 1. The average Bonchev–Trinajstić information content (AvgIpc) is 2.65. The molecule has 1 aromatic heterocycles. The van der Waals surface area contributed by atoms with Crippen molar-refractivity contribution in [3.05, 3.63) is 93.8 Å². The molecule has 2 aromatic carbocycles. The highest BCUT2D eigenvalue weighted by Gasteiger charge is 2.16. The van der Waals surface area contributed by atoms with Crippen LogP contribution in [0.1, 0.15) is 27.9 Å². The van der Waals surface area contributed by atoms with Gasteiger partial charge in [0, 0.05) is 23.3 Å². The van der Waals surface area contributed by atoms with Crippen molar-refractivity contribution in [3.8, 4) is 6.07 Å². The van der Waals surface area contributed by atoms with Crippen molar-refractivity contribution in [3.63, 3.8) is 0 Å². The second-order valence-corrected chi connectivity index (χ2v) is 8.02. The van der Waals surface area contributed by atoms with Gasteiger partial charge >= 0.3 is 0 Å². The van der Waals surface area contributed by atoms with E-state index >= 15 is 0 Å². The van der Waals surface area contributed by atoms with Gasteiger partial charge in [0.15, 0.2) is 0 Å². The summed E-state index contributed by atoms with van der Waals surface area (Å²) in [4.78, 5) is 4.29. The van der Waals surface area contributed by atoms with E-state index in [1.54, 1.807) is 18.3 Å². The molecule has 0 amide bonds. The molecule has 0 aliphatic rings. The number of halogens is 1. The Morgan fingerprint density at radius 1 is 1.04 bits per heavy atom. The van der Waals surface area contributed by atoms with Crippen molar-refractivity contribution in [1.29, 1.82) is 5.26 Å². The van der Waals surface area contributed by atoms with Gasteiger partial charge in [0.2, 0.25) is 10.0 Å². The van der Waals surface area contributed by atoms with E-state index in [1.807, 2.05) is 30.3 Å². The number of benzene rings is 2. The highest BCUT2D eigenvalue weighted by atomic mass is 35.5. The highest BCUT2D eigenvalue weighted by Crippen LogP contribution is 2.29. The van der Waals surface area contributed by atoms with Crippen LogP contribution < -0.4 is 5.14 Å². The molecule has 136 valence electrons. The Balaban J connectivity index is 2.03. The van der Waals surface area contributed by atoms with E-state index in [-0.39, 0.29) is 4.90 Å². The normalized spacial score (nSPS) is 11.1. The largest absolute Gasteiger partial charge is 0.261 e. The predicted octanol–water partition coefficient (Wildman–Crippen LogP) is 3.44. The van der Waals surface area contributed by atoms with Gasteiger partial charge in [0.1, 0.15) is 0 Å². The number of primary sulfonamides is 1. The highest BCUT2D eigenvalue weighted by molar-refractivity contribution is 7.89. The second-order valence-electron chi connectivity index (χ2n) is 6.08. The van der Waals surface area contributed by atoms with Crippen LogP contribution in [-0.2, 0) is 22.9 Å². The summed E-state index contributed by atoms with van der Waals surface area (Å²) in [5.41, 5.74) is 3.53. The lowest BCUT2D eigenvalue weighted by atomic mass is 9.99. The monoisotopic (exact) mass is 397 g/mol. The Morgan fingerprint density at radius 2 is 1.70 bits per heavy atom. The van der Waals surface area contributed by atoms with Crippen molar-refractivity contribution in [2.75, 3.05) is 0 Å². The molecular weight excluding hydrogens is 382 g/mol. The number of aromatic nitrogens is 1. The van der Waals surface area contributed by atoms with Crippen LogP contribution in [0.2, 0.25) is 5.02 Å². The first-order chi connectivity index (χ1) is 12.9. The molecule has 0 radical (unpaired) electrons. The van der Waals surface area contributed by atoms with Gasteiger partial charge in [-0.3, -0.25) is 4.98 Å². The van der Waals surface area contributed by atoms with Gasteiger partial charge in [0.05, 0.1) is 16.5 Å². The van der Waals surface area contributed by atoms with Gasteiger partial charge in [-0.25, -0.2) is 13.6 Å². The van der Waals surface area contributed by atoms with E-state index in [1.165, 1.54) is 12.1 Å². The van der Waals surface area contributed by atoms with Crippen molar-refractivity contribution in [2.24, 2.45) is 5.14 Å². The summed E-state index contributed by atoms with van der Waals surface area (Å²) in [5, 5.41) is 14.7. The summed E-state index contributed by atoms with van der Waals surface area (Å²) >= 11 is 6.57. The number of rotatable bonds is 5. The maximum atomic E-state index is 11.9. The molecule has 0 fully saturated rings. The lowest BCUT2D eigenvalue weighted by Crippen LogP contribution is -2.13. The molecule has 3 rings (SSSR count). The molecule has 0 spiro atoms. The van der Waals surface area contributed by atoms with Crippen molar-refractivity contribution >= 4 is 21.6 Å². The van der Waals surface area contributed by atoms with Crippen molar-refractivity contribution in [2.45, 2.75) is 17.7 Å². The fraction of sp³-hybridized carbons (Fsp3) is 0.100. The molecule has 0 aliphatic heterocycles. The van der Waals surface area contributed by atoms with Crippen LogP contribution in [-0.4, -0.2) is 13.4 Å². The molecule has 27 heavy (non-hydrogen) atoms. The Morgan fingerprint density at radius 3 is 2.26 bits per heavy atom. The number of sulfonamides is 1. The number of hydrogen-bond acceptors (Lipinski definition) is 4. The minimum atomic E-state index is -3.88. The van der Waals surface area contributed by atoms with E-state index in [2.05, 4.69) is 11.1 Å². The molecule has 0 saturated carbocycles. The third-order valence-electron chi connectivity index (χ3n) is 4.10. The number of pyridine rings is 1. The zero-order chi connectivity index (χ0) is 19.4. The first-order valence-corrected chi connectivity index (χ1v) is 10.0. The number of nitriles is 1. The van der Waals surface area contributed by atoms with Gasteiger partial charge < -0.3 is 0 Å². The molecule has 0 bridgehead atoms. The third kappa shape index (κ3) is 4.72. The van der Waals surface area contributed by atoms with E-state index in [0.717, 1.165) is 11.3 Å². The lowest BCUT2D eigenvalue weighted by Gasteiger charge is -2.13. The summed E-state index contributed by atoms with van der Waals surface area (Å²) in [6.45, 7) is 0. The van der Waals surface area contributed by atoms with Crippen LogP contribution >= 0.6 is 11.6 Å². The van der Waals surface area contributed by atoms with Gasteiger partial charge in [0.25, 0.3) is 0 Å². The lowest BCUT2D eigenvalue weighted by molar-refractivity contribution is 0.597. The quantitative estimate of drug-likeness (QED) is 0.713. The van der Waals surface area contributed by atoms with Crippen LogP contribution in [0.5, 0.6) is 0 Å². The molecule has 5 nitrogen and oxygen atoms in total. The molecule has 2 N–H and O–H groups in total. The van der Waals surface area contributed by atoms with Gasteiger partial charge in [-0.05, 0) is 59.5 Å². The second kappa shape index (κ2) is 7.89. The average molecular weight is 398 g/mol. The first kappa shape index (κ1) is 19.1. The van der Waals surface area contributed by atoms with Crippen molar-refractivity contribution < 1.29 is 8.42 Å². The Bertz CT molecular complexity index is 1110. The van der Waals surface area contributed by atoms with Crippen LogP contribution in [0.3, 0.4) is 0 Å². The zero-order valence-corrected chi connectivity index (χ0v) is 15.8. The first-order valence-electron chi connectivity index (χ1n) is 8.10. The molecular formula is C20H16ClN3O2S. The maximum absolute atomic E-state index is 11.9. The van der Waals surface area contributed by atoms with Crippen LogP contribution in [0.25, 0.3) is 0 Å². The summed E-state index contributed by atoms with van der Waals surface area (Å²) in [6, 6.07) is 17.6. The van der Waals surface area contributed by atoms with E-state index < -0.39 is 10.0 Å².